The van der Waals surface area contributed by atoms with Crippen molar-refractivity contribution in [2.75, 3.05) is 7.11 Å². The van der Waals surface area contributed by atoms with Crippen molar-refractivity contribution in [2.45, 2.75) is 20.0 Å². The van der Waals surface area contributed by atoms with Gasteiger partial charge < -0.3 is 9.64 Å². The van der Waals surface area contributed by atoms with E-state index in [1.807, 2.05) is 25.1 Å². The van der Waals surface area contributed by atoms with E-state index >= 15 is 0 Å². The zero-order valence-corrected chi connectivity index (χ0v) is 16.6. The number of nitrogens with zero attached hydrogens (tertiary/aromatic N) is 2. The van der Waals surface area contributed by atoms with E-state index in [-0.39, 0.29) is 34.3 Å². The Hall–Kier alpha value is -2.99. The summed E-state index contributed by atoms with van der Waals surface area (Å²) >= 11 is 6.31. The molecule has 0 bridgehead atoms. The monoisotopic (exact) mass is 414 g/mol. The predicted molar refractivity (Wildman–Crippen MR) is 106 cm³/mol. The third kappa shape index (κ3) is 3.44. The van der Waals surface area contributed by atoms with Crippen molar-refractivity contribution in [3.63, 3.8) is 0 Å². The number of rotatable bonds is 4. The van der Waals surface area contributed by atoms with Crippen LogP contribution in [-0.4, -0.2) is 22.9 Å². The molecule has 0 spiro atoms. The SMILES string of the molecule is COc1ccc(CN2Cc3nc(-c4c(F)cccc4F)cc(Cl)c3C2=O)c(C)c1. The van der Waals surface area contributed by atoms with E-state index in [1.165, 1.54) is 12.1 Å². The van der Waals surface area contributed by atoms with Crippen LogP contribution in [0.3, 0.4) is 0 Å². The van der Waals surface area contributed by atoms with E-state index in [2.05, 4.69) is 4.98 Å². The summed E-state index contributed by atoms with van der Waals surface area (Å²) in [7, 11) is 1.60. The van der Waals surface area contributed by atoms with E-state index in [0.717, 1.165) is 29.0 Å². The van der Waals surface area contributed by atoms with Gasteiger partial charge in [-0.3, -0.25) is 4.79 Å². The molecular weight excluding hydrogens is 398 g/mol. The van der Waals surface area contributed by atoms with Crippen molar-refractivity contribution < 1.29 is 18.3 Å². The molecule has 0 saturated heterocycles. The number of hydrogen-bond acceptors (Lipinski definition) is 3. The standard InChI is InChI=1S/C22H17ClF2N2O2/c1-12-8-14(29-2)7-6-13(12)10-27-11-19-20(22(27)28)15(23)9-18(26-19)21-16(24)4-3-5-17(21)25/h3-9H,10-11H2,1-2H3. The molecule has 0 N–H and O–H groups in total. The van der Waals surface area contributed by atoms with Crippen LogP contribution in [0.15, 0.2) is 42.5 Å². The maximum Gasteiger partial charge on any atom is 0.257 e. The second-order valence-electron chi connectivity index (χ2n) is 6.86. The van der Waals surface area contributed by atoms with Gasteiger partial charge in [0, 0.05) is 6.54 Å². The van der Waals surface area contributed by atoms with Gasteiger partial charge in [-0.15, -0.1) is 0 Å². The fourth-order valence-electron chi connectivity index (χ4n) is 3.49. The van der Waals surface area contributed by atoms with Crippen LogP contribution in [0.2, 0.25) is 5.02 Å². The molecule has 1 aliphatic heterocycles. The number of hydrogen-bond donors (Lipinski definition) is 0. The first kappa shape index (κ1) is 19.3. The Bertz CT molecular complexity index is 1110. The molecule has 0 atom stereocenters. The Morgan fingerprint density at radius 3 is 2.52 bits per heavy atom. The van der Waals surface area contributed by atoms with Gasteiger partial charge in [0.05, 0.1) is 41.2 Å². The lowest BCUT2D eigenvalue weighted by Gasteiger charge is -2.17. The topological polar surface area (TPSA) is 42.4 Å². The number of aromatic nitrogens is 1. The molecule has 4 nitrogen and oxygen atoms in total. The van der Waals surface area contributed by atoms with Crippen LogP contribution < -0.4 is 4.74 Å². The number of amides is 1. The predicted octanol–water partition coefficient (Wildman–Crippen LogP) is 5.15. The highest BCUT2D eigenvalue weighted by Gasteiger charge is 2.32. The largest absolute Gasteiger partial charge is 0.497 e. The Labute approximate surface area is 171 Å². The van der Waals surface area contributed by atoms with Crippen molar-refractivity contribution in [3.8, 4) is 17.0 Å². The lowest BCUT2D eigenvalue weighted by molar-refractivity contribution is 0.0766. The smallest absolute Gasteiger partial charge is 0.257 e. The highest BCUT2D eigenvalue weighted by Crippen LogP contribution is 2.34. The fourth-order valence-corrected chi connectivity index (χ4v) is 3.78. The van der Waals surface area contributed by atoms with Crippen molar-refractivity contribution in [2.24, 2.45) is 0 Å². The third-order valence-corrected chi connectivity index (χ3v) is 5.32. The van der Waals surface area contributed by atoms with E-state index in [1.54, 1.807) is 12.0 Å². The lowest BCUT2D eigenvalue weighted by atomic mass is 10.1. The number of ether oxygens (including phenoxy) is 1. The second kappa shape index (κ2) is 7.44. The molecule has 0 radical (unpaired) electrons. The molecule has 1 aliphatic rings. The van der Waals surface area contributed by atoms with Gasteiger partial charge >= 0.3 is 0 Å². The number of halogens is 3. The van der Waals surface area contributed by atoms with Crippen LogP contribution in [0, 0.1) is 18.6 Å². The van der Waals surface area contributed by atoms with Gasteiger partial charge in [0.15, 0.2) is 0 Å². The second-order valence-corrected chi connectivity index (χ2v) is 7.27. The van der Waals surface area contributed by atoms with Crippen LogP contribution in [0.4, 0.5) is 8.78 Å². The van der Waals surface area contributed by atoms with Crippen molar-refractivity contribution in [1.29, 1.82) is 0 Å². The van der Waals surface area contributed by atoms with Crippen LogP contribution in [0.5, 0.6) is 5.75 Å². The molecule has 7 heteroatoms. The van der Waals surface area contributed by atoms with E-state index in [4.69, 9.17) is 16.3 Å². The zero-order valence-electron chi connectivity index (χ0n) is 15.8. The summed E-state index contributed by atoms with van der Waals surface area (Å²) in [5, 5.41) is 0.131. The lowest BCUT2D eigenvalue weighted by Crippen LogP contribution is -2.23. The van der Waals surface area contributed by atoms with E-state index < -0.39 is 11.6 Å². The summed E-state index contributed by atoms with van der Waals surface area (Å²) in [4.78, 5) is 18.8. The quantitative estimate of drug-likeness (QED) is 0.592. The molecule has 148 valence electrons. The van der Waals surface area contributed by atoms with Crippen molar-refractivity contribution >= 4 is 17.5 Å². The highest BCUT2D eigenvalue weighted by molar-refractivity contribution is 6.34. The first-order valence-electron chi connectivity index (χ1n) is 8.95. The summed E-state index contributed by atoms with van der Waals surface area (Å²) in [6, 6.07) is 10.6. The summed E-state index contributed by atoms with van der Waals surface area (Å²) in [6.45, 7) is 2.52. The number of carbonyl (C=O) groups is 1. The maximum atomic E-state index is 14.2. The highest BCUT2D eigenvalue weighted by atomic mass is 35.5. The fraction of sp³-hybridized carbons (Fsp3) is 0.182. The average Bonchev–Trinajstić information content (AvgIpc) is 2.99. The number of methoxy groups -OCH3 is 1. The Morgan fingerprint density at radius 2 is 1.86 bits per heavy atom. The van der Waals surface area contributed by atoms with Gasteiger partial charge in [-0.25, -0.2) is 13.8 Å². The Balaban J connectivity index is 1.67. The molecular formula is C22H17ClF2N2O2. The first-order chi connectivity index (χ1) is 13.9. The molecule has 0 saturated carbocycles. The van der Waals surface area contributed by atoms with E-state index in [9.17, 15) is 13.6 Å². The summed E-state index contributed by atoms with van der Waals surface area (Å²) in [5.41, 5.74) is 2.45. The molecule has 0 fully saturated rings. The molecule has 4 rings (SSSR count). The van der Waals surface area contributed by atoms with Gasteiger partial charge in [-0.1, -0.05) is 23.7 Å². The minimum absolute atomic E-state index is 0.0691. The summed E-state index contributed by atoms with van der Waals surface area (Å²) in [6.07, 6.45) is 0. The molecule has 0 unspecified atom stereocenters. The summed E-state index contributed by atoms with van der Waals surface area (Å²) in [5.74, 6) is -0.982. The number of aryl methyl sites for hydroxylation is 1. The third-order valence-electron chi connectivity index (χ3n) is 5.02. The first-order valence-corrected chi connectivity index (χ1v) is 9.33. The number of fused-ring (bicyclic) bond motifs is 1. The Morgan fingerprint density at radius 1 is 1.14 bits per heavy atom. The zero-order chi connectivity index (χ0) is 20.7. The van der Waals surface area contributed by atoms with Gasteiger partial charge in [0.2, 0.25) is 0 Å². The van der Waals surface area contributed by atoms with Crippen LogP contribution in [0.1, 0.15) is 27.2 Å². The van der Waals surface area contributed by atoms with Crippen LogP contribution in [-0.2, 0) is 13.1 Å². The maximum absolute atomic E-state index is 14.2. The molecule has 2 aromatic carbocycles. The molecule has 1 amide bonds. The molecule has 1 aromatic heterocycles. The minimum atomic E-state index is -0.733. The summed E-state index contributed by atoms with van der Waals surface area (Å²) < 4.78 is 33.5. The molecule has 0 aliphatic carbocycles. The van der Waals surface area contributed by atoms with Crippen LogP contribution >= 0.6 is 11.6 Å². The van der Waals surface area contributed by atoms with Crippen molar-refractivity contribution in [3.05, 3.63) is 81.5 Å². The Kier molecular flexibility index (Phi) is 4.96. The normalized spacial score (nSPS) is 13.0. The number of benzene rings is 2. The minimum Gasteiger partial charge on any atom is -0.497 e. The molecule has 29 heavy (non-hydrogen) atoms. The van der Waals surface area contributed by atoms with Gasteiger partial charge in [0.25, 0.3) is 5.91 Å². The van der Waals surface area contributed by atoms with Gasteiger partial charge in [-0.05, 0) is 48.4 Å². The average molecular weight is 415 g/mol. The molecule has 3 aromatic rings. The molecule has 2 heterocycles. The van der Waals surface area contributed by atoms with Gasteiger partial charge in [-0.2, -0.15) is 0 Å². The number of pyridine rings is 1. The van der Waals surface area contributed by atoms with Crippen molar-refractivity contribution in [1.82, 2.24) is 9.88 Å². The van der Waals surface area contributed by atoms with E-state index in [0.29, 0.717) is 12.2 Å². The number of carbonyl (C=O) groups excluding carboxylic acids is 1. The van der Waals surface area contributed by atoms with Gasteiger partial charge in [0.1, 0.15) is 17.4 Å². The van der Waals surface area contributed by atoms with Crippen LogP contribution in [0.25, 0.3) is 11.3 Å².